The monoisotopic (exact) mass is 386 g/mol. The fourth-order valence-electron chi connectivity index (χ4n) is 3.58. The van der Waals surface area contributed by atoms with Gasteiger partial charge in [0.1, 0.15) is 23.6 Å². The number of amides is 1. The van der Waals surface area contributed by atoms with Crippen LogP contribution in [0, 0.1) is 12.9 Å². The van der Waals surface area contributed by atoms with Crippen LogP contribution in [0.3, 0.4) is 0 Å². The highest BCUT2D eigenvalue weighted by Gasteiger charge is 2.36. The zero-order valence-corrected chi connectivity index (χ0v) is 16.3. The lowest BCUT2D eigenvalue weighted by Crippen LogP contribution is -2.50. The average Bonchev–Trinajstić information content (AvgIpc) is 2.64. The fourth-order valence-corrected chi connectivity index (χ4v) is 3.58. The van der Waals surface area contributed by atoms with Crippen LogP contribution in [-0.4, -0.2) is 53.1 Å². The van der Waals surface area contributed by atoms with Crippen molar-refractivity contribution in [3.8, 4) is 5.75 Å². The van der Waals surface area contributed by atoms with Crippen LogP contribution in [0.5, 0.6) is 5.75 Å². The maximum Gasteiger partial charge on any atom is 0.249 e. The maximum atomic E-state index is 12.9. The van der Waals surface area contributed by atoms with E-state index in [1.807, 2.05) is 25.8 Å². The SMILES string of the molecule is Cc1nc(NC2CC(Oc3ccc(F)nc3)C2)nc2c1N(C)C(=O)[C@H](C)N2C. The van der Waals surface area contributed by atoms with Gasteiger partial charge in [0.2, 0.25) is 17.8 Å². The highest BCUT2D eigenvalue weighted by molar-refractivity contribution is 6.04. The summed E-state index contributed by atoms with van der Waals surface area (Å²) in [4.78, 5) is 28.6. The van der Waals surface area contributed by atoms with Gasteiger partial charge < -0.3 is 19.9 Å². The zero-order chi connectivity index (χ0) is 20.0. The number of aromatic nitrogens is 3. The topological polar surface area (TPSA) is 83.5 Å². The summed E-state index contributed by atoms with van der Waals surface area (Å²) >= 11 is 0. The molecule has 0 unspecified atom stereocenters. The number of ether oxygens (including phenoxy) is 1. The Kier molecular flexibility index (Phi) is 4.52. The number of likely N-dealkylation sites (N-methyl/N-ethyl adjacent to an activating group) is 2. The van der Waals surface area contributed by atoms with Crippen molar-refractivity contribution in [2.45, 2.75) is 44.9 Å². The third-order valence-electron chi connectivity index (χ3n) is 5.41. The molecule has 9 heteroatoms. The van der Waals surface area contributed by atoms with E-state index in [1.54, 1.807) is 18.0 Å². The van der Waals surface area contributed by atoms with Crippen LogP contribution in [0.2, 0.25) is 0 Å². The van der Waals surface area contributed by atoms with Crippen molar-refractivity contribution in [2.75, 3.05) is 29.2 Å². The Bertz CT molecular complexity index is 900. The summed E-state index contributed by atoms with van der Waals surface area (Å²) in [6.45, 7) is 3.75. The summed E-state index contributed by atoms with van der Waals surface area (Å²) < 4.78 is 18.6. The van der Waals surface area contributed by atoms with Crippen LogP contribution in [0.1, 0.15) is 25.5 Å². The lowest BCUT2D eigenvalue weighted by atomic mass is 9.89. The fraction of sp³-hybridized carbons (Fsp3) is 0.474. The summed E-state index contributed by atoms with van der Waals surface area (Å²) in [6, 6.07) is 2.78. The van der Waals surface area contributed by atoms with E-state index < -0.39 is 5.95 Å². The van der Waals surface area contributed by atoms with E-state index in [1.165, 1.54) is 12.3 Å². The van der Waals surface area contributed by atoms with E-state index in [0.29, 0.717) is 11.7 Å². The van der Waals surface area contributed by atoms with Crippen LogP contribution in [0.4, 0.5) is 21.8 Å². The zero-order valence-electron chi connectivity index (χ0n) is 16.3. The number of pyridine rings is 1. The van der Waals surface area contributed by atoms with Gasteiger partial charge in [0.15, 0.2) is 5.82 Å². The van der Waals surface area contributed by atoms with Gasteiger partial charge in [-0.3, -0.25) is 4.79 Å². The molecule has 2 aromatic heterocycles. The van der Waals surface area contributed by atoms with Gasteiger partial charge in [-0.25, -0.2) is 9.97 Å². The maximum absolute atomic E-state index is 12.9. The molecule has 1 atom stereocenters. The number of aryl methyl sites for hydroxylation is 1. The standard InChI is InChI=1S/C19H23FN6O2/c1-10-16-17(25(3)11(2)18(27)26(16)4)24-19(22-10)23-12-7-14(8-12)28-13-5-6-15(20)21-9-13/h5-6,9,11-12,14H,7-8H2,1-4H3,(H,22,23,24)/t11-,12?,14?/m0/s1. The lowest BCUT2D eigenvalue weighted by Gasteiger charge is -2.38. The van der Waals surface area contributed by atoms with Gasteiger partial charge in [0.05, 0.1) is 11.9 Å². The number of nitrogens with zero attached hydrogens (tertiary/aromatic N) is 5. The lowest BCUT2D eigenvalue weighted by molar-refractivity contribution is -0.119. The Morgan fingerprint density at radius 2 is 2.00 bits per heavy atom. The average molecular weight is 386 g/mol. The van der Waals surface area contributed by atoms with Crippen LogP contribution >= 0.6 is 0 Å². The second-order valence-electron chi connectivity index (χ2n) is 7.36. The van der Waals surface area contributed by atoms with Crippen molar-refractivity contribution < 1.29 is 13.9 Å². The third kappa shape index (κ3) is 3.21. The molecule has 0 aromatic carbocycles. The number of halogens is 1. The van der Waals surface area contributed by atoms with Crippen molar-refractivity contribution in [3.05, 3.63) is 30.0 Å². The second kappa shape index (κ2) is 6.88. The van der Waals surface area contributed by atoms with Gasteiger partial charge in [-0.1, -0.05) is 0 Å². The van der Waals surface area contributed by atoms with Gasteiger partial charge >= 0.3 is 0 Å². The summed E-state index contributed by atoms with van der Waals surface area (Å²) in [5.74, 6) is 1.36. The molecule has 28 heavy (non-hydrogen) atoms. The van der Waals surface area contributed by atoms with Gasteiger partial charge in [-0.2, -0.15) is 9.37 Å². The first kappa shape index (κ1) is 18.4. The number of hydrogen-bond donors (Lipinski definition) is 1. The third-order valence-corrected chi connectivity index (χ3v) is 5.41. The Hall–Kier alpha value is -2.97. The molecule has 1 fully saturated rings. The minimum absolute atomic E-state index is 0.0247. The number of fused-ring (bicyclic) bond motifs is 1. The first-order valence-corrected chi connectivity index (χ1v) is 9.27. The molecule has 0 saturated heterocycles. The molecular formula is C19H23FN6O2. The van der Waals surface area contributed by atoms with Gasteiger partial charge in [-0.15, -0.1) is 0 Å². The summed E-state index contributed by atoms with van der Waals surface area (Å²) in [5, 5.41) is 3.35. The number of hydrogen-bond acceptors (Lipinski definition) is 7. The number of anilines is 3. The van der Waals surface area contributed by atoms with Crippen molar-refractivity contribution >= 4 is 23.4 Å². The van der Waals surface area contributed by atoms with Crippen LogP contribution in [0.15, 0.2) is 18.3 Å². The molecule has 1 aliphatic heterocycles. The van der Waals surface area contributed by atoms with Crippen molar-refractivity contribution in [2.24, 2.45) is 0 Å². The van der Waals surface area contributed by atoms with E-state index in [2.05, 4.69) is 20.3 Å². The minimum atomic E-state index is -0.521. The summed E-state index contributed by atoms with van der Waals surface area (Å²) in [5.41, 5.74) is 1.50. The van der Waals surface area contributed by atoms with Gasteiger partial charge in [0.25, 0.3) is 0 Å². The quantitative estimate of drug-likeness (QED) is 0.806. The van der Waals surface area contributed by atoms with Gasteiger partial charge in [0, 0.05) is 33.0 Å². The molecule has 1 saturated carbocycles. The molecule has 0 spiro atoms. The van der Waals surface area contributed by atoms with Crippen LogP contribution in [0.25, 0.3) is 0 Å². The molecule has 3 heterocycles. The minimum Gasteiger partial charge on any atom is -0.489 e. The molecule has 1 aliphatic carbocycles. The number of carbonyl (C=O) groups excluding carboxylic acids is 1. The van der Waals surface area contributed by atoms with Crippen molar-refractivity contribution in [3.63, 3.8) is 0 Å². The largest absolute Gasteiger partial charge is 0.489 e. The number of carbonyl (C=O) groups is 1. The molecular weight excluding hydrogens is 363 g/mol. The predicted octanol–water partition coefficient (Wildman–Crippen LogP) is 2.14. The first-order chi connectivity index (χ1) is 13.3. The highest BCUT2D eigenvalue weighted by atomic mass is 19.1. The highest BCUT2D eigenvalue weighted by Crippen LogP contribution is 2.36. The Balaban J connectivity index is 1.42. The van der Waals surface area contributed by atoms with E-state index in [4.69, 9.17) is 4.74 Å². The van der Waals surface area contributed by atoms with Crippen molar-refractivity contribution in [1.29, 1.82) is 0 Å². The van der Waals surface area contributed by atoms with Crippen LogP contribution in [-0.2, 0) is 4.79 Å². The molecule has 1 N–H and O–H groups in total. The first-order valence-electron chi connectivity index (χ1n) is 9.27. The summed E-state index contributed by atoms with van der Waals surface area (Å²) in [7, 11) is 3.63. The Morgan fingerprint density at radius 3 is 2.68 bits per heavy atom. The Labute approximate surface area is 162 Å². The molecule has 0 radical (unpaired) electrons. The molecule has 8 nitrogen and oxygen atoms in total. The number of nitrogens with one attached hydrogen (secondary N) is 1. The van der Waals surface area contributed by atoms with Gasteiger partial charge in [-0.05, 0) is 26.0 Å². The smallest absolute Gasteiger partial charge is 0.249 e. The number of rotatable bonds is 4. The van der Waals surface area contributed by atoms with Crippen molar-refractivity contribution in [1.82, 2.24) is 15.0 Å². The Morgan fingerprint density at radius 1 is 1.25 bits per heavy atom. The molecule has 4 rings (SSSR count). The molecule has 1 amide bonds. The van der Waals surface area contributed by atoms with E-state index in [0.717, 1.165) is 30.0 Å². The van der Waals surface area contributed by atoms with E-state index >= 15 is 0 Å². The molecule has 148 valence electrons. The normalized spacial score (nSPS) is 23.9. The van der Waals surface area contributed by atoms with E-state index in [9.17, 15) is 9.18 Å². The second-order valence-corrected chi connectivity index (χ2v) is 7.36. The predicted molar refractivity (Wildman–Crippen MR) is 103 cm³/mol. The summed E-state index contributed by atoms with van der Waals surface area (Å²) in [6.07, 6.45) is 3.03. The molecule has 2 aromatic rings. The molecule has 2 aliphatic rings. The van der Waals surface area contributed by atoms with Crippen LogP contribution < -0.4 is 19.9 Å². The molecule has 0 bridgehead atoms. The van der Waals surface area contributed by atoms with E-state index in [-0.39, 0.29) is 24.1 Å².